The van der Waals surface area contributed by atoms with Gasteiger partial charge in [0.15, 0.2) is 10.6 Å². The molecule has 0 aliphatic carbocycles. The number of hydrogen-bond donors (Lipinski definition) is 2. The van der Waals surface area contributed by atoms with Gasteiger partial charge in [0, 0.05) is 25.2 Å². The molecule has 8 nitrogen and oxygen atoms in total. The molecule has 27 heavy (non-hydrogen) atoms. The smallest absolute Gasteiger partial charge is 0.251 e. The Balaban J connectivity index is 2.27. The van der Waals surface area contributed by atoms with Crippen molar-refractivity contribution in [2.24, 2.45) is 0 Å². The molecule has 2 N–H and O–H groups in total. The van der Waals surface area contributed by atoms with E-state index < -0.39 is 10.0 Å². The van der Waals surface area contributed by atoms with Crippen LogP contribution in [0.3, 0.4) is 0 Å². The van der Waals surface area contributed by atoms with E-state index in [2.05, 4.69) is 15.5 Å². The Kier molecular flexibility index (Phi) is 6.90. The minimum atomic E-state index is -3.63. The molecule has 0 radical (unpaired) electrons. The van der Waals surface area contributed by atoms with Gasteiger partial charge in [-0.2, -0.15) is 9.40 Å². The summed E-state index contributed by atoms with van der Waals surface area (Å²) in [7, 11) is -3.63. The van der Waals surface area contributed by atoms with Crippen LogP contribution in [0.2, 0.25) is 0 Å². The lowest BCUT2D eigenvalue weighted by Crippen LogP contribution is -2.31. The summed E-state index contributed by atoms with van der Waals surface area (Å²) in [5.41, 5.74) is 1.01. The van der Waals surface area contributed by atoms with Crippen LogP contribution in [-0.4, -0.2) is 46.5 Å². The van der Waals surface area contributed by atoms with Crippen molar-refractivity contribution in [1.29, 1.82) is 0 Å². The van der Waals surface area contributed by atoms with Crippen LogP contribution >= 0.6 is 12.2 Å². The molecule has 0 saturated heterocycles. The number of nitrogens with one attached hydrogen (secondary N) is 2. The molecule has 0 unspecified atom stereocenters. The van der Waals surface area contributed by atoms with Crippen molar-refractivity contribution in [2.75, 3.05) is 13.1 Å². The van der Waals surface area contributed by atoms with Crippen LogP contribution in [0.15, 0.2) is 23.1 Å². The first-order valence-electron chi connectivity index (χ1n) is 8.79. The van der Waals surface area contributed by atoms with Gasteiger partial charge in [-0.1, -0.05) is 19.9 Å². The maximum Gasteiger partial charge on any atom is 0.251 e. The Labute approximate surface area is 164 Å². The number of carbonyl (C=O) groups is 1. The summed E-state index contributed by atoms with van der Waals surface area (Å²) in [4.78, 5) is 12.7. The summed E-state index contributed by atoms with van der Waals surface area (Å²) in [5, 5.41) is 9.59. The molecular weight excluding hydrogens is 386 g/mol. The number of hydrogen-bond acceptors (Lipinski definition) is 5. The Morgan fingerprint density at radius 1 is 1.30 bits per heavy atom. The number of H-pyrrole nitrogens is 1. The number of aromatic nitrogens is 3. The first-order chi connectivity index (χ1) is 12.8. The van der Waals surface area contributed by atoms with Crippen LogP contribution in [0.25, 0.3) is 0 Å². The van der Waals surface area contributed by atoms with E-state index in [9.17, 15) is 13.2 Å². The molecule has 0 atom stereocenters. The second kappa shape index (κ2) is 8.77. The number of sulfonamides is 1. The number of benzene rings is 1. The van der Waals surface area contributed by atoms with Crippen molar-refractivity contribution in [3.05, 3.63) is 39.9 Å². The van der Waals surface area contributed by atoms with E-state index in [0.29, 0.717) is 41.4 Å². The van der Waals surface area contributed by atoms with Gasteiger partial charge in [-0.15, -0.1) is 0 Å². The van der Waals surface area contributed by atoms with E-state index in [1.54, 1.807) is 31.4 Å². The second-order valence-electron chi connectivity index (χ2n) is 5.94. The topological polar surface area (TPSA) is 100 Å². The van der Waals surface area contributed by atoms with Crippen molar-refractivity contribution in [3.8, 4) is 0 Å². The van der Waals surface area contributed by atoms with Crippen LogP contribution in [0, 0.1) is 11.7 Å². The van der Waals surface area contributed by atoms with Crippen LogP contribution < -0.4 is 5.32 Å². The van der Waals surface area contributed by atoms with Crippen molar-refractivity contribution < 1.29 is 13.2 Å². The predicted octanol–water partition coefficient (Wildman–Crippen LogP) is 2.23. The Morgan fingerprint density at radius 3 is 2.56 bits per heavy atom. The fourth-order valence-electron chi connectivity index (χ4n) is 2.78. The summed E-state index contributed by atoms with van der Waals surface area (Å²) in [6.45, 7) is 8.82. The minimum Gasteiger partial charge on any atom is -0.345 e. The summed E-state index contributed by atoms with van der Waals surface area (Å²) >= 11 is 5.13. The summed E-state index contributed by atoms with van der Waals surface area (Å²) < 4.78 is 29.1. The van der Waals surface area contributed by atoms with Crippen LogP contribution in [0.4, 0.5) is 0 Å². The van der Waals surface area contributed by atoms with E-state index in [-0.39, 0.29) is 17.3 Å². The molecule has 0 bridgehead atoms. The highest BCUT2D eigenvalue weighted by atomic mass is 32.2. The summed E-state index contributed by atoms with van der Waals surface area (Å²) in [6.07, 6.45) is 0. The fraction of sp³-hybridized carbons (Fsp3) is 0.471. The first-order valence-corrected chi connectivity index (χ1v) is 10.6. The molecule has 10 heteroatoms. The number of aryl methyl sites for hydroxylation is 1. The zero-order valence-corrected chi connectivity index (χ0v) is 17.6. The maximum atomic E-state index is 12.7. The average molecular weight is 412 g/mol. The van der Waals surface area contributed by atoms with Gasteiger partial charge in [-0.3, -0.25) is 9.89 Å². The van der Waals surface area contributed by atoms with Gasteiger partial charge in [0.05, 0.1) is 11.4 Å². The fourth-order valence-corrected chi connectivity index (χ4v) is 4.55. The zero-order chi connectivity index (χ0) is 20.2. The predicted molar refractivity (Wildman–Crippen MR) is 106 cm³/mol. The van der Waals surface area contributed by atoms with Crippen molar-refractivity contribution in [3.63, 3.8) is 0 Å². The third kappa shape index (κ3) is 4.45. The van der Waals surface area contributed by atoms with Gasteiger partial charge in [0.1, 0.15) is 0 Å². The van der Waals surface area contributed by atoms with Gasteiger partial charge in [-0.25, -0.2) is 8.42 Å². The van der Waals surface area contributed by atoms with E-state index in [1.165, 1.54) is 16.4 Å². The molecule has 2 aromatic rings. The lowest BCUT2D eigenvalue weighted by atomic mass is 10.1. The van der Waals surface area contributed by atoms with Gasteiger partial charge in [-0.05, 0) is 43.8 Å². The lowest BCUT2D eigenvalue weighted by molar-refractivity contribution is 0.0948. The molecule has 148 valence electrons. The van der Waals surface area contributed by atoms with Crippen molar-refractivity contribution >= 4 is 28.1 Å². The van der Waals surface area contributed by atoms with Crippen LogP contribution in [0.1, 0.15) is 42.5 Å². The Hall–Kier alpha value is -2.04. The zero-order valence-electron chi connectivity index (χ0n) is 15.9. The van der Waals surface area contributed by atoms with E-state index in [4.69, 9.17) is 12.2 Å². The van der Waals surface area contributed by atoms with Gasteiger partial charge >= 0.3 is 0 Å². The molecule has 0 spiro atoms. The number of nitrogens with zero attached hydrogens (tertiary/aromatic N) is 3. The van der Waals surface area contributed by atoms with E-state index in [0.717, 1.165) is 0 Å². The summed E-state index contributed by atoms with van der Waals surface area (Å²) in [6, 6.07) is 4.60. The minimum absolute atomic E-state index is 0.109. The molecule has 1 aromatic carbocycles. The largest absolute Gasteiger partial charge is 0.345 e. The molecule has 0 saturated carbocycles. The first kappa shape index (κ1) is 21.3. The lowest BCUT2D eigenvalue weighted by Gasteiger charge is -2.19. The number of carbonyl (C=O) groups excluding carboxylic acids is 1. The molecule has 1 heterocycles. The standard InChI is InChI=1S/C17H25N5O3S2/c1-5-21(6-2)27(24,25)13-9-8-12(4)14(10-13)16(23)18-11-15-19-20-17(26)22(15)7-3/h8-10H,5-7,11H2,1-4H3,(H,18,23)(H,20,26). The quantitative estimate of drug-likeness (QED) is 0.649. The van der Waals surface area contributed by atoms with Crippen molar-refractivity contribution in [2.45, 2.75) is 45.7 Å². The average Bonchev–Trinajstić information content (AvgIpc) is 3.00. The van der Waals surface area contributed by atoms with Gasteiger partial charge in [0.2, 0.25) is 10.0 Å². The van der Waals surface area contributed by atoms with E-state index in [1.807, 2.05) is 6.92 Å². The molecule has 1 aromatic heterocycles. The van der Waals surface area contributed by atoms with Gasteiger partial charge in [0.25, 0.3) is 5.91 Å². The highest BCUT2D eigenvalue weighted by Gasteiger charge is 2.23. The van der Waals surface area contributed by atoms with Crippen LogP contribution in [0.5, 0.6) is 0 Å². The summed E-state index contributed by atoms with van der Waals surface area (Å²) in [5.74, 6) is 0.251. The highest BCUT2D eigenvalue weighted by Crippen LogP contribution is 2.19. The maximum absolute atomic E-state index is 12.7. The van der Waals surface area contributed by atoms with Crippen LogP contribution in [-0.2, 0) is 23.1 Å². The Morgan fingerprint density at radius 2 is 1.96 bits per heavy atom. The highest BCUT2D eigenvalue weighted by molar-refractivity contribution is 7.89. The number of rotatable bonds is 8. The molecule has 0 aliphatic heterocycles. The third-order valence-electron chi connectivity index (χ3n) is 4.36. The van der Waals surface area contributed by atoms with Gasteiger partial charge < -0.3 is 9.88 Å². The second-order valence-corrected chi connectivity index (χ2v) is 8.26. The molecule has 2 rings (SSSR count). The molecule has 0 aliphatic rings. The SMILES string of the molecule is CCN(CC)S(=O)(=O)c1ccc(C)c(C(=O)NCc2n[nH]c(=S)n2CC)c1. The molecule has 1 amide bonds. The Bertz CT molecular complexity index is 975. The third-order valence-corrected chi connectivity index (χ3v) is 6.72. The monoisotopic (exact) mass is 411 g/mol. The molecule has 0 fully saturated rings. The number of aromatic amines is 1. The van der Waals surface area contributed by atoms with E-state index >= 15 is 0 Å². The molecular formula is C17H25N5O3S2. The van der Waals surface area contributed by atoms with Crippen molar-refractivity contribution in [1.82, 2.24) is 24.4 Å². The number of amides is 1. The normalized spacial score (nSPS) is 11.7.